The van der Waals surface area contributed by atoms with Gasteiger partial charge in [0, 0.05) is 12.1 Å². The molecule has 0 fully saturated rings. The van der Waals surface area contributed by atoms with Crippen LogP contribution in [0.25, 0.3) is 0 Å². The van der Waals surface area contributed by atoms with Gasteiger partial charge in [-0.05, 0) is 0 Å². The van der Waals surface area contributed by atoms with Crippen LogP contribution in [0, 0.1) is 23.3 Å². The quantitative estimate of drug-likeness (QED) is 0.533. The second-order valence-electron chi connectivity index (χ2n) is 3.94. The van der Waals surface area contributed by atoms with E-state index in [1.165, 1.54) is 0 Å². The predicted molar refractivity (Wildman–Crippen MR) is 58.0 cm³/mol. The van der Waals surface area contributed by atoms with Crippen LogP contribution < -0.4 is 10.5 Å². The highest BCUT2D eigenvalue weighted by atomic mass is 19.2. The summed E-state index contributed by atoms with van der Waals surface area (Å²) in [6.45, 7) is -0.828. The maximum atomic E-state index is 13.2. The summed E-state index contributed by atoms with van der Waals surface area (Å²) in [6, 6.07) is -1.26. The number of carboxylic acids is 1. The van der Waals surface area contributed by atoms with Gasteiger partial charge in [-0.3, -0.25) is 4.79 Å². The lowest BCUT2D eigenvalue weighted by atomic mass is 10.1. The Kier molecular flexibility index (Phi) is 5.28. The molecule has 0 heterocycles. The summed E-state index contributed by atoms with van der Waals surface area (Å²) in [5, 5.41) is 17.8. The molecule has 112 valence electrons. The molecule has 20 heavy (non-hydrogen) atoms. The number of aliphatic carboxylic acids is 1. The number of rotatable bonds is 6. The van der Waals surface area contributed by atoms with E-state index < -0.39 is 60.2 Å². The number of aliphatic hydroxyl groups is 1. The molecule has 0 radical (unpaired) electrons. The molecule has 4 N–H and O–H groups in total. The third-order valence-electron chi connectivity index (χ3n) is 2.37. The van der Waals surface area contributed by atoms with Gasteiger partial charge in [0.1, 0.15) is 12.7 Å². The zero-order chi connectivity index (χ0) is 15.4. The molecule has 0 bridgehead atoms. The van der Waals surface area contributed by atoms with Crippen LogP contribution in [0.5, 0.6) is 5.75 Å². The summed E-state index contributed by atoms with van der Waals surface area (Å²) in [6.07, 6.45) is -2.20. The van der Waals surface area contributed by atoms with Gasteiger partial charge in [-0.15, -0.1) is 0 Å². The number of carboxylic acid groups (broad SMARTS) is 1. The minimum atomic E-state index is -1.76. The third kappa shape index (κ3) is 3.81. The average molecular weight is 297 g/mol. The van der Waals surface area contributed by atoms with Gasteiger partial charge < -0.3 is 20.7 Å². The lowest BCUT2D eigenvalue weighted by Gasteiger charge is -2.18. The Bertz CT molecular complexity index is 485. The molecule has 9 heteroatoms. The van der Waals surface area contributed by atoms with E-state index in [0.29, 0.717) is 0 Å². The Morgan fingerprint density at radius 2 is 1.75 bits per heavy atom. The van der Waals surface area contributed by atoms with E-state index in [0.717, 1.165) is 0 Å². The molecular weight excluding hydrogens is 286 g/mol. The fourth-order valence-corrected chi connectivity index (χ4v) is 1.31. The van der Waals surface area contributed by atoms with Crippen LogP contribution in [0.4, 0.5) is 17.6 Å². The van der Waals surface area contributed by atoms with Gasteiger partial charge in [-0.25, -0.2) is 8.78 Å². The van der Waals surface area contributed by atoms with Gasteiger partial charge in [0.25, 0.3) is 0 Å². The average Bonchev–Trinajstić information content (AvgIpc) is 2.35. The molecule has 0 aromatic heterocycles. The van der Waals surface area contributed by atoms with Gasteiger partial charge in [0.15, 0.2) is 17.4 Å². The summed E-state index contributed by atoms with van der Waals surface area (Å²) in [5.41, 5.74) is 5.27. The van der Waals surface area contributed by atoms with Crippen LogP contribution in [0.2, 0.25) is 0 Å². The van der Waals surface area contributed by atoms with E-state index in [1.54, 1.807) is 0 Å². The van der Waals surface area contributed by atoms with Crippen molar-refractivity contribution in [1.29, 1.82) is 0 Å². The van der Waals surface area contributed by atoms with Crippen molar-refractivity contribution >= 4 is 5.97 Å². The zero-order valence-electron chi connectivity index (χ0n) is 9.95. The number of hydrogen-bond acceptors (Lipinski definition) is 4. The van der Waals surface area contributed by atoms with Crippen LogP contribution in [0.1, 0.15) is 6.42 Å². The molecule has 0 aliphatic rings. The summed E-state index contributed by atoms with van der Waals surface area (Å²) in [4.78, 5) is 10.3. The Balaban J connectivity index is 2.78. The van der Waals surface area contributed by atoms with Crippen LogP contribution >= 0.6 is 0 Å². The highest BCUT2D eigenvalue weighted by Gasteiger charge is 2.24. The molecule has 0 aliphatic heterocycles. The fourth-order valence-electron chi connectivity index (χ4n) is 1.31. The minimum Gasteiger partial charge on any atom is -0.485 e. The lowest BCUT2D eigenvalue weighted by molar-refractivity contribution is -0.138. The number of hydrogen-bond donors (Lipinski definition) is 3. The highest BCUT2D eigenvalue weighted by molar-refractivity contribution is 5.67. The number of halogens is 4. The summed E-state index contributed by atoms with van der Waals surface area (Å²) >= 11 is 0. The van der Waals surface area contributed by atoms with E-state index in [4.69, 9.17) is 10.8 Å². The normalized spacial score (nSPS) is 13.9. The molecule has 1 unspecified atom stereocenters. The lowest BCUT2D eigenvalue weighted by Crippen LogP contribution is -2.40. The molecule has 0 aliphatic carbocycles. The number of benzene rings is 1. The molecule has 0 amide bonds. The van der Waals surface area contributed by atoms with E-state index in [-0.39, 0.29) is 6.07 Å². The molecule has 1 aromatic rings. The molecule has 2 atom stereocenters. The summed E-state index contributed by atoms with van der Waals surface area (Å²) < 4.78 is 56.5. The van der Waals surface area contributed by atoms with Gasteiger partial charge in [0.2, 0.25) is 11.6 Å². The van der Waals surface area contributed by atoms with Crippen LogP contribution in [-0.2, 0) is 4.79 Å². The molecule has 0 saturated heterocycles. The molecule has 5 nitrogen and oxygen atoms in total. The summed E-state index contributed by atoms with van der Waals surface area (Å²) in [5.74, 6) is -9.49. The monoisotopic (exact) mass is 297 g/mol. The standard InChI is InChI=1S/C11H11F4NO4/c12-4-1-5(13)10(15)11(9(4)14)20-3-7(17)6(16)2-8(18)19/h1,6-7,17H,2-3,16H2,(H,18,19)/t6-,7?/m0/s1. The van der Waals surface area contributed by atoms with E-state index in [2.05, 4.69) is 4.74 Å². The van der Waals surface area contributed by atoms with Crippen molar-refractivity contribution in [2.45, 2.75) is 18.6 Å². The van der Waals surface area contributed by atoms with Crippen molar-refractivity contribution in [1.82, 2.24) is 0 Å². The maximum absolute atomic E-state index is 13.2. The van der Waals surface area contributed by atoms with Gasteiger partial charge in [0.05, 0.1) is 6.42 Å². The first kappa shape index (κ1) is 16.2. The minimum absolute atomic E-state index is 0.00409. The first-order valence-corrected chi connectivity index (χ1v) is 5.35. The van der Waals surface area contributed by atoms with Crippen molar-refractivity contribution < 1.29 is 37.3 Å². The number of aliphatic hydroxyl groups excluding tert-OH is 1. The number of nitrogens with two attached hydrogens (primary N) is 1. The predicted octanol–water partition coefficient (Wildman–Crippen LogP) is 0.785. The van der Waals surface area contributed by atoms with E-state index >= 15 is 0 Å². The molecule has 0 spiro atoms. The molecule has 1 rings (SSSR count). The molecule has 1 aromatic carbocycles. The van der Waals surface area contributed by atoms with Crippen LogP contribution in [-0.4, -0.2) is 34.9 Å². The zero-order valence-corrected chi connectivity index (χ0v) is 9.95. The number of carbonyl (C=O) groups is 1. The Labute approximate surface area is 110 Å². The highest BCUT2D eigenvalue weighted by Crippen LogP contribution is 2.26. The second kappa shape index (κ2) is 6.53. The van der Waals surface area contributed by atoms with Crippen molar-refractivity contribution in [3.63, 3.8) is 0 Å². The Morgan fingerprint density at radius 1 is 1.25 bits per heavy atom. The largest absolute Gasteiger partial charge is 0.485 e. The number of ether oxygens (including phenoxy) is 1. The third-order valence-corrected chi connectivity index (χ3v) is 2.37. The maximum Gasteiger partial charge on any atom is 0.305 e. The molecular formula is C11H11F4NO4. The van der Waals surface area contributed by atoms with Gasteiger partial charge in [-0.1, -0.05) is 0 Å². The van der Waals surface area contributed by atoms with Crippen molar-refractivity contribution in [3.05, 3.63) is 29.3 Å². The second-order valence-corrected chi connectivity index (χ2v) is 3.94. The van der Waals surface area contributed by atoms with Crippen molar-refractivity contribution in [3.8, 4) is 5.75 Å². The summed E-state index contributed by atoms with van der Waals surface area (Å²) in [7, 11) is 0. The first-order valence-electron chi connectivity index (χ1n) is 5.35. The fraction of sp³-hybridized carbons (Fsp3) is 0.364. The van der Waals surface area contributed by atoms with E-state index in [1.807, 2.05) is 0 Å². The molecule has 0 saturated carbocycles. The van der Waals surface area contributed by atoms with Crippen molar-refractivity contribution in [2.24, 2.45) is 5.73 Å². The van der Waals surface area contributed by atoms with Gasteiger partial charge >= 0.3 is 5.97 Å². The van der Waals surface area contributed by atoms with Crippen molar-refractivity contribution in [2.75, 3.05) is 6.61 Å². The Hall–Kier alpha value is -1.87. The van der Waals surface area contributed by atoms with E-state index in [9.17, 15) is 27.5 Å². The smallest absolute Gasteiger partial charge is 0.305 e. The van der Waals surface area contributed by atoms with Gasteiger partial charge in [-0.2, -0.15) is 8.78 Å². The topological polar surface area (TPSA) is 92.8 Å². The SMILES string of the molecule is N[C@@H](CC(=O)O)C(O)COc1c(F)c(F)cc(F)c1F. The van der Waals surface area contributed by atoms with Crippen LogP contribution in [0.15, 0.2) is 6.07 Å². The first-order chi connectivity index (χ1) is 9.23. The Morgan fingerprint density at radius 3 is 2.20 bits per heavy atom. The van der Waals surface area contributed by atoms with Crippen LogP contribution in [0.3, 0.4) is 0 Å².